The van der Waals surface area contributed by atoms with Crippen LogP contribution in [0.1, 0.15) is 35.0 Å². The van der Waals surface area contributed by atoms with Crippen molar-refractivity contribution in [1.82, 2.24) is 19.7 Å². The highest BCUT2D eigenvalue weighted by Gasteiger charge is 2.63. The standard InChI is InChI=1S/C35H38ClN5O7S/c1-38-13-15-39(16-14-38)21-23-4-10-28(32(18-23)47-3)35(40-22-25(42)20-31(40)33-37-12-17-48-33)29-19-24(36)5-11-30(29)41(34(35)43)49(44,45)27-8-6-26(46-2)7-9-27/h4-12,17-19,25,31,42H,13-16,20-22H2,1-3H3/t25-,31+,35?/m1/s1. The summed E-state index contributed by atoms with van der Waals surface area (Å²) in [7, 11) is 0.644. The highest BCUT2D eigenvalue weighted by atomic mass is 35.5. The summed E-state index contributed by atoms with van der Waals surface area (Å²) < 4.78 is 47.0. The molecule has 14 heteroatoms. The van der Waals surface area contributed by atoms with Crippen LogP contribution in [-0.4, -0.2) is 99.2 Å². The van der Waals surface area contributed by atoms with E-state index in [9.17, 15) is 13.5 Å². The Kier molecular flexibility index (Phi) is 8.92. The van der Waals surface area contributed by atoms with Crippen LogP contribution in [0.15, 0.2) is 82.4 Å². The number of fused-ring (bicyclic) bond motifs is 1. The molecule has 12 nitrogen and oxygen atoms in total. The minimum Gasteiger partial charge on any atom is -0.497 e. The number of anilines is 1. The number of β-amino-alcohol motifs (C(OH)–C–C–N with tert-alkyl or cyclic N) is 1. The maximum absolute atomic E-state index is 15.5. The number of piperazine rings is 1. The van der Waals surface area contributed by atoms with E-state index in [-0.39, 0.29) is 29.4 Å². The van der Waals surface area contributed by atoms with Crippen molar-refractivity contribution < 1.29 is 32.2 Å². The average molecular weight is 708 g/mol. The van der Waals surface area contributed by atoms with Gasteiger partial charge < -0.3 is 23.9 Å². The number of likely N-dealkylation sites (tertiary alicyclic amines) is 1. The number of amides is 1. The third-order valence-corrected chi connectivity index (χ3v) is 11.7. The highest BCUT2D eigenvalue weighted by molar-refractivity contribution is 7.93. The van der Waals surface area contributed by atoms with Gasteiger partial charge in [0.2, 0.25) is 5.89 Å². The van der Waals surface area contributed by atoms with E-state index in [4.69, 9.17) is 25.5 Å². The third-order valence-electron chi connectivity index (χ3n) is 9.76. The Morgan fingerprint density at radius 3 is 2.43 bits per heavy atom. The second kappa shape index (κ2) is 13.0. The first kappa shape index (κ1) is 33.5. The van der Waals surface area contributed by atoms with E-state index >= 15 is 4.79 Å². The number of carbonyl (C=O) groups excluding carboxylic acids is 1. The monoisotopic (exact) mass is 707 g/mol. The predicted octanol–water partition coefficient (Wildman–Crippen LogP) is 3.88. The minimum absolute atomic E-state index is 0.00731. The summed E-state index contributed by atoms with van der Waals surface area (Å²) in [5.41, 5.74) is 0.0297. The van der Waals surface area contributed by atoms with Crippen LogP contribution in [0.2, 0.25) is 5.02 Å². The Bertz CT molecular complexity index is 1950. The molecule has 4 aromatic rings. The Hall–Kier alpha value is -3.98. The van der Waals surface area contributed by atoms with E-state index in [1.807, 2.05) is 18.2 Å². The van der Waals surface area contributed by atoms with E-state index in [0.29, 0.717) is 34.2 Å². The normalized spacial score (nSPS) is 23.6. The molecule has 3 aliphatic heterocycles. The average Bonchev–Trinajstić information content (AvgIpc) is 3.83. The summed E-state index contributed by atoms with van der Waals surface area (Å²) in [6.45, 7) is 4.43. The van der Waals surface area contributed by atoms with Crippen LogP contribution in [0.5, 0.6) is 11.5 Å². The lowest BCUT2D eigenvalue weighted by atomic mass is 9.80. The number of aliphatic hydroxyl groups is 1. The molecule has 0 saturated carbocycles. The van der Waals surface area contributed by atoms with Gasteiger partial charge >= 0.3 is 0 Å². The number of rotatable bonds is 9. The molecule has 3 atom stereocenters. The lowest BCUT2D eigenvalue weighted by molar-refractivity contribution is -0.127. The van der Waals surface area contributed by atoms with Crippen LogP contribution < -0.4 is 13.8 Å². The zero-order chi connectivity index (χ0) is 34.5. The molecule has 1 amide bonds. The molecule has 0 bridgehead atoms. The van der Waals surface area contributed by atoms with Gasteiger partial charge in [-0.3, -0.25) is 14.6 Å². The van der Waals surface area contributed by atoms with Gasteiger partial charge in [-0.05, 0) is 67.6 Å². The molecular weight excluding hydrogens is 670 g/mol. The third kappa shape index (κ3) is 5.68. The first-order chi connectivity index (χ1) is 23.6. The molecule has 7 rings (SSSR count). The lowest BCUT2D eigenvalue weighted by Gasteiger charge is -2.41. The van der Waals surface area contributed by atoms with Crippen molar-refractivity contribution in [3.05, 3.63) is 101 Å². The van der Waals surface area contributed by atoms with Gasteiger partial charge in [-0.25, -0.2) is 17.7 Å². The number of nitrogens with zero attached hydrogens (tertiary/aromatic N) is 5. The number of aliphatic hydroxyl groups excluding tert-OH is 1. The molecule has 1 N–H and O–H groups in total. The number of methoxy groups -OCH3 is 2. The second-order valence-electron chi connectivity index (χ2n) is 12.7. The van der Waals surface area contributed by atoms with E-state index in [2.05, 4.69) is 21.8 Å². The SMILES string of the molecule is COc1ccc(S(=O)(=O)N2C(=O)C(c3ccc(CN4CCN(C)CC4)cc3OC)(N3C[C@H](O)C[C@H]3c3ncco3)c3cc(Cl)ccc32)cc1. The first-order valence-corrected chi connectivity index (χ1v) is 17.9. The number of likely N-dealkylation sites (N-methyl/N-ethyl adjacent to an activating group) is 1. The van der Waals surface area contributed by atoms with E-state index < -0.39 is 33.6 Å². The van der Waals surface area contributed by atoms with Gasteiger partial charge in [0.05, 0.1) is 43.1 Å². The number of benzene rings is 3. The van der Waals surface area contributed by atoms with Crippen LogP contribution in [0.4, 0.5) is 5.69 Å². The fraction of sp³-hybridized carbons (Fsp3) is 0.371. The van der Waals surface area contributed by atoms with Crippen molar-refractivity contribution in [3.8, 4) is 11.5 Å². The molecular formula is C35H38ClN5O7S. The number of ether oxygens (including phenoxy) is 2. The van der Waals surface area contributed by atoms with Crippen molar-refractivity contribution in [2.75, 3.05) is 58.3 Å². The Labute approximate surface area is 290 Å². The zero-order valence-corrected chi connectivity index (χ0v) is 29.0. The van der Waals surface area contributed by atoms with E-state index in [1.54, 1.807) is 23.1 Å². The zero-order valence-electron chi connectivity index (χ0n) is 27.5. The van der Waals surface area contributed by atoms with E-state index in [0.717, 1.165) is 36.0 Å². The van der Waals surface area contributed by atoms with Crippen LogP contribution in [-0.2, 0) is 26.9 Å². The van der Waals surface area contributed by atoms with Gasteiger partial charge in [0.25, 0.3) is 15.9 Å². The molecule has 0 spiro atoms. The van der Waals surface area contributed by atoms with Gasteiger partial charge in [-0.1, -0.05) is 23.7 Å². The molecule has 4 heterocycles. The maximum atomic E-state index is 15.5. The van der Waals surface area contributed by atoms with Crippen molar-refractivity contribution in [2.45, 2.75) is 35.5 Å². The smallest absolute Gasteiger partial charge is 0.271 e. The molecule has 2 saturated heterocycles. The van der Waals surface area contributed by atoms with Crippen molar-refractivity contribution in [1.29, 1.82) is 0 Å². The molecule has 3 aliphatic rings. The lowest BCUT2D eigenvalue weighted by Crippen LogP contribution is -2.55. The number of sulfonamides is 1. The summed E-state index contributed by atoms with van der Waals surface area (Å²) >= 11 is 6.65. The molecule has 2 fully saturated rings. The molecule has 1 unspecified atom stereocenters. The van der Waals surface area contributed by atoms with Gasteiger partial charge in [0.15, 0.2) is 5.54 Å². The van der Waals surface area contributed by atoms with Crippen LogP contribution >= 0.6 is 11.6 Å². The maximum Gasteiger partial charge on any atom is 0.271 e. The first-order valence-electron chi connectivity index (χ1n) is 16.0. The van der Waals surface area contributed by atoms with E-state index in [1.165, 1.54) is 50.9 Å². The Balaban J connectivity index is 1.44. The molecule has 0 aliphatic carbocycles. The summed E-state index contributed by atoms with van der Waals surface area (Å²) in [6, 6.07) is 15.6. The number of hydrogen-bond acceptors (Lipinski definition) is 11. The number of halogens is 1. The number of oxazole rings is 1. The Morgan fingerprint density at radius 1 is 1.00 bits per heavy atom. The van der Waals surface area contributed by atoms with Gasteiger partial charge in [0.1, 0.15) is 17.8 Å². The summed E-state index contributed by atoms with van der Waals surface area (Å²) in [4.78, 5) is 26.2. The molecule has 0 radical (unpaired) electrons. The molecule has 258 valence electrons. The summed E-state index contributed by atoms with van der Waals surface area (Å²) in [5, 5.41) is 11.5. The largest absolute Gasteiger partial charge is 0.497 e. The summed E-state index contributed by atoms with van der Waals surface area (Å²) in [6.07, 6.45) is 2.25. The molecule has 1 aromatic heterocycles. The van der Waals surface area contributed by atoms with Crippen molar-refractivity contribution in [2.24, 2.45) is 0 Å². The number of hydrogen-bond donors (Lipinski definition) is 1. The van der Waals surface area contributed by atoms with Crippen LogP contribution in [0.3, 0.4) is 0 Å². The fourth-order valence-electron chi connectivity index (χ4n) is 7.35. The molecule has 3 aromatic carbocycles. The summed E-state index contributed by atoms with van der Waals surface area (Å²) in [5.74, 6) is 0.377. The quantitative estimate of drug-likeness (QED) is 0.272. The highest BCUT2D eigenvalue weighted by Crippen LogP contribution is 2.56. The topological polar surface area (TPSA) is 129 Å². The molecule has 49 heavy (non-hydrogen) atoms. The van der Waals surface area contributed by atoms with Gasteiger partial charge in [-0.2, -0.15) is 0 Å². The van der Waals surface area contributed by atoms with Gasteiger partial charge in [0, 0.05) is 55.4 Å². The van der Waals surface area contributed by atoms with Crippen LogP contribution in [0, 0.1) is 0 Å². The number of carbonyl (C=O) groups is 1. The predicted molar refractivity (Wildman–Crippen MR) is 182 cm³/mol. The van der Waals surface area contributed by atoms with Crippen molar-refractivity contribution >= 4 is 33.2 Å². The minimum atomic E-state index is -4.48. The fourth-order valence-corrected chi connectivity index (χ4v) is 8.98. The van der Waals surface area contributed by atoms with Crippen molar-refractivity contribution in [3.63, 3.8) is 0 Å². The Morgan fingerprint density at radius 2 is 1.76 bits per heavy atom. The second-order valence-corrected chi connectivity index (χ2v) is 14.9. The van der Waals surface area contributed by atoms with Crippen LogP contribution in [0.25, 0.3) is 0 Å². The van der Waals surface area contributed by atoms with Gasteiger partial charge in [-0.15, -0.1) is 0 Å². The number of aromatic nitrogens is 1.